The minimum atomic E-state index is -0.656. The monoisotopic (exact) mass is 160 g/mol. The van der Waals surface area contributed by atoms with Crippen molar-refractivity contribution in [3.05, 3.63) is 0 Å². The Kier molecular flexibility index (Phi) is 61.2. The topological polar surface area (TPSA) is 9.23 Å². The van der Waals surface area contributed by atoms with Crippen molar-refractivity contribution in [2.24, 2.45) is 0 Å². The molecule has 0 aromatic heterocycles. The van der Waals surface area contributed by atoms with Crippen molar-refractivity contribution >= 4 is 0 Å². The van der Waals surface area contributed by atoms with Crippen LogP contribution in [0.1, 0.15) is 13.8 Å². The molecule has 0 N–H and O–H groups in total. The molecule has 10 heavy (non-hydrogen) atoms. The Morgan fingerprint density at radius 2 is 1.40 bits per heavy atom. The predicted molar refractivity (Wildman–Crippen MR) is 36.3 cm³/mol. The van der Waals surface area contributed by atoms with Gasteiger partial charge in [-0.1, -0.05) is 0 Å². The number of alkyl halides is 3. The lowest BCUT2D eigenvalue weighted by Crippen LogP contribution is -1.82. The van der Waals surface area contributed by atoms with Crippen molar-refractivity contribution in [3.63, 3.8) is 0 Å². The molecule has 0 aliphatic carbocycles. The first-order valence-corrected chi connectivity index (χ1v) is 2.90. The van der Waals surface area contributed by atoms with Crippen molar-refractivity contribution in [2.45, 2.75) is 13.8 Å². The van der Waals surface area contributed by atoms with Gasteiger partial charge in [0.15, 0.2) is 6.86 Å². The Labute approximate surface area is 60.2 Å². The zero-order valence-corrected chi connectivity index (χ0v) is 6.66. The van der Waals surface area contributed by atoms with Crippen molar-refractivity contribution in [1.29, 1.82) is 0 Å². The van der Waals surface area contributed by atoms with Crippen molar-refractivity contribution in [2.75, 3.05) is 27.3 Å². The lowest BCUT2D eigenvalue weighted by molar-refractivity contribution is 0.0672. The highest BCUT2D eigenvalue weighted by Crippen LogP contribution is 1.68. The molecule has 0 saturated heterocycles. The molecular formula is C6H15F3O. The molecule has 0 saturated carbocycles. The highest BCUT2D eigenvalue weighted by atomic mass is 19.1. The van der Waals surface area contributed by atoms with Crippen LogP contribution in [-0.2, 0) is 4.74 Å². The summed E-state index contributed by atoms with van der Waals surface area (Å²) in [5.41, 5.74) is 0. The van der Waals surface area contributed by atoms with E-state index < -0.39 is 6.86 Å². The van der Waals surface area contributed by atoms with E-state index in [-0.39, 0.29) is 6.67 Å². The van der Waals surface area contributed by atoms with E-state index in [9.17, 15) is 13.2 Å². The zero-order valence-electron chi connectivity index (χ0n) is 6.66. The smallest absolute Gasteiger partial charge is 0.188 e. The first kappa shape index (κ1) is 16.4. The van der Waals surface area contributed by atoms with Crippen LogP contribution in [0, 0.1) is 0 Å². The van der Waals surface area contributed by atoms with E-state index >= 15 is 0 Å². The fourth-order valence-corrected chi connectivity index (χ4v) is 0.0772. The summed E-state index contributed by atoms with van der Waals surface area (Å²) in [6.45, 7) is 2.77. The molecule has 0 atom stereocenters. The molecule has 0 fully saturated rings. The number of ether oxygens (including phenoxy) is 1. The highest BCUT2D eigenvalue weighted by molar-refractivity contribution is 3.99. The lowest BCUT2D eigenvalue weighted by atomic mass is 10.9. The van der Waals surface area contributed by atoms with Gasteiger partial charge in [-0.2, -0.15) is 0 Å². The third-order valence-corrected chi connectivity index (χ3v) is 0.281. The van der Waals surface area contributed by atoms with Gasteiger partial charge in [-0.3, -0.25) is 8.78 Å². The molecule has 0 bridgehead atoms. The normalized spacial score (nSPS) is 6.60. The van der Waals surface area contributed by atoms with Gasteiger partial charge in [0, 0.05) is 6.61 Å². The largest absolute Gasteiger partial charge is 0.351 e. The Hall–Kier alpha value is -0.250. The van der Waals surface area contributed by atoms with Gasteiger partial charge in [0.1, 0.15) is 0 Å². The van der Waals surface area contributed by atoms with E-state index in [0.29, 0.717) is 13.8 Å². The first-order valence-electron chi connectivity index (χ1n) is 2.90. The molecule has 0 aromatic carbocycles. The summed E-state index contributed by atoms with van der Waals surface area (Å²) in [6.07, 6.45) is 0. The fraction of sp³-hybridized carbons (Fsp3) is 1.00. The lowest BCUT2D eigenvalue weighted by Gasteiger charge is -1.83. The summed E-state index contributed by atoms with van der Waals surface area (Å²) in [6, 6.07) is 0. The van der Waals surface area contributed by atoms with E-state index in [0.717, 1.165) is 0 Å². The van der Waals surface area contributed by atoms with Gasteiger partial charge >= 0.3 is 0 Å². The van der Waals surface area contributed by atoms with Gasteiger partial charge in [-0.15, -0.1) is 0 Å². The summed E-state index contributed by atoms with van der Waals surface area (Å²) in [4.78, 5) is 0. The van der Waals surface area contributed by atoms with Crippen LogP contribution in [0.15, 0.2) is 0 Å². The average molecular weight is 160 g/mol. The van der Waals surface area contributed by atoms with Crippen molar-refractivity contribution in [3.8, 4) is 0 Å². The van der Waals surface area contributed by atoms with Crippen LogP contribution in [0.2, 0.25) is 0 Å². The Bertz CT molecular complexity index is 27.0. The third-order valence-electron chi connectivity index (χ3n) is 0.281. The minimum Gasteiger partial charge on any atom is -0.351 e. The maximum atomic E-state index is 10.8. The van der Waals surface area contributed by atoms with E-state index in [1.54, 1.807) is 6.92 Å². The molecule has 0 rings (SSSR count). The number of rotatable bonds is 2. The first-order chi connectivity index (χ1) is 4.83. The van der Waals surface area contributed by atoms with Gasteiger partial charge in [0.2, 0.25) is 0 Å². The number of halogens is 3. The molecule has 0 spiro atoms. The summed E-state index contributed by atoms with van der Waals surface area (Å²) >= 11 is 0. The molecule has 0 aliphatic rings. The van der Waals surface area contributed by atoms with Crippen LogP contribution in [0.3, 0.4) is 0 Å². The Morgan fingerprint density at radius 3 is 1.40 bits per heavy atom. The Morgan fingerprint density at radius 1 is 1.10 bits per heavy atom. The summed E-state index contributed by atoms with van der Waals surface area (Å²) < 4.78 is 34.7. The number of hydrogen-bond acceptors (Lipinski definition) is 1. The van der Waals surface area contributed by atoms with Crippen LogP contribution in [0.4, 0.5) is 13.2 Å². The van der Waals surface area contributed by atoms with Crippen LogP contribution in [-0.4, -0.2) is 27.3 Å². The highest BCUT2D eigenvalue weighted by Gasteiger charge is 1.67. The molecule has 0 heterocycles. The maximum absolute atomic E-state index is 10.8. The molecule has 0 amide bonds. The molecule has 4 heteroatoms. The van der Waals surface area contributed by atoms with E-state index in [1.807, 2.05) is 0 Å². The molecule has 0 radical (unpaired) electrons. The predicted octanol–water partition coefficient (Wildman–Crippen LogP) is 2.51. The van der Waals surface area contributed by atoms with Gasteiger partial charge < -0.3 is 4.74 Å². The zero-order chi connectivity index (χ0) is 8.83. The van der Waals surface area contributed by atoms with E-state index in [2.05, 4.69) is 4.74 Å². The molecule has 0 aromatic rings. The molecule has 0 unspecified atom stereocenters. The SMILES string of the molecule is CCF.CCOCF.CF. The quantitative estimate of drug-likeness (QED) is 0.603. The molecule has 1 nitrogen and oxygen atoms in total. The third kappa shape index (κ3) is 115. The second-order valence-corrected chi connectivity index (χ2v) is 0.869. The van der Waals surface area contributed by atoms with Crippen LogP contribution < -0.4 is 0 Å². The van der Waals surface area contributed by atoms with Crippen molar-refractivity contribution < 1.29 is 17.9 Å². The summed E-state index contributed by atoms with van der Waals surface area (Å²) in [5, 5.41) is 0. The summed E-state index contributed by atoms with van der Waals surface area (Å²) in [7, 11) is 0.500. The van der Waals surface area contributed by atoms with E-state index in [4.69, 9.17) is 0 Å². The second-order valence-electron chi connectivity index (χ2n) is 0.869. The average Bonchev–Trinajstić information content (AvgIpc) is 1.96. The van der Waals surface area contributed by atoms with E-state index in [1.165, 1.54) is 6.92 Å². The second kappa shape index (κ2) is 37.4. The standard InChI is InChI=1S/C3H7FO.C2H5F.CH3F/c1-2-5-3-4;1-2-3;1-2/h2-3H2,1H3;2H2,1H3;1H3. The maximum Gasteiger partial charge on any atom is 0.188 e. The van der Waals surface area contributed by atoms with Crippen molar-refractivity contribution in [1.82, 2.24) is 0 Å². The van der Waals surface area contributed by atoms with Gasteiger partial charge in [-0.05, 0) is 13.8 Å². The molecule has 66 valence electrons. The fourth-order valence-electron chi connectivity index (χ4n) is 0.0772. The van der Waals surface area contributed by atoms with Gasteiger partial charge in [0.05, 0.1) is 13.9 Å². The van der Waals surface area contributed by atoms with Crippen LogP contribution >= 0.6 is 0 Å². The molecular weight excluding hydrogens is 145 g/mol. The summed E-state index contributed by atoms with van der Waals surface area (Å²) in [5.74, 6) is 0. The van der Waals surface area contributed by atoms with Crippen LogP contribution in [0.25, 0.3) is 0 Å². The number of hydrogen-bond donors (Lipinski definition) is 0. The van der Waals surface area contributed by atoms with Gasteiger partial charge in [-0.25, -0.2) is 4.39 Å². The minimum absolute atomic E-state index is 0.250. The Balaban J connectivity index is -0.0000000847. The van der Waals surface area contributed by atoms with Gasteiger partial charge in [0.25, 0.3) is 0 Å². The van der Waals surface area contributed by atoms with Crippen LogP contribution in [0.5, 0.6) is 0 Å². The molecule has 0 aliphatic heterocycles.